The van der Waals surface area contributed by atoms with Gasteiger partial charge in [-0.15, -0.1) is 0 Å². The van der Waals surface area contributed by atoms with E-state index in [0.29, 0.717) is 18.5 Å². The van der Waals surface area contributed by atoms with E-state index >= 15 is 0 Å². The molecule has 33 heavy (non-hydrogen) atoms. The Morgan fingerprint density at radius 3 is 2.79 bits per heavy atom. The lowest BCUT2D eigenvalue weighted by Gasteiger charge is -2.24. The number of anilines is 2. The molecule has 1 fully saturated rings. The molecule has 0 spiro atoms. The molecule has 2 aromatic heterocycles. The minimum atomic E-state index is -0.690. The van der Waals surface area contributed by atoms with Gasteiger partial charge in [-0.05, 0) is 39.3 Å². The third-order valence-electron chi connectivity index (χ3n) is 5.05. The molecule has 0 bridgehead atoms. The van der Waals surface area contributed by atoms with E-state index in [4.69, 9.17) is 9.47 Å². The Kier molecular flexibility index (Phi) is 6.01. The average Bonchev–Trinajstić information content (AvgIpc) is 3.20. The first-order valence-corrected chi connectivity index (χ1v) is 10.6. The molecule has 1 N–H and O–H groups in total. The molecule has 0 radical (unpaired) electrons. The minimum absolute atomic E-state index is 0.215. The maximum Gasteiger partial charge on any atom is 0.410 e. The number of carbonyl (C=O) groups is 1. The van der Waals surface area contributed by atoms with Gasteiger partial charge in [0.25, 0.3) is 5.88 Å². The molecule has 3 heterocycles. The van der Waals surface area contributed by atoms with Crippen molar-refractivity contribution < 1.29 is 23.0 Å². The number of hydrogen-bond donors (Lipinski definition) is 1. The van der Waals surface area contributed by atoms with Gasteiger partial charge in [0, 0.05) is 19.0 Å². The standard InChI is InChI=1S/C23H25F2N5O3/c1-13-6-5-7-16(18(13)25)28-20-19-17(26-12-27-20)10-15(24)21(29-19)32-14-8-9-30(11-14)22(31)33-23(2,3)4/h5-7,10,12,14H,8-9,11H2,1-4H3,(H,26,27,28)/t14-/m0/s1. The summed E-state index contributed by atoms with van der Waals surface area (Å²) in [5, 5.41) is 2.90. The summed E-state index contributed by atoms with van der Waals surface area (Å²) >= 11 is 0. The van der Waals surface area contributed by atoms with Crippen molar-refractivity contribution >= 4 is 28.6 Å². The predicted octanol–water partition coefficient (Wildman–Crippen LogP) is 4.74. The van der Waals surface area contributed by atoms with E-state index < -0.39 is 29.4 Å². The van der Waals surface area contributed by atoms with Crippen LogP contribution in [0.25, 0.3) is 11.0 Å². The lowest BCUT2D eigenvalue weighted by atomic mass is 10.2. The molecule has 1 atom stereocenters. The Morgan fingerprint density at radius 1 is 1.24 bits per heavy atom. The van der Waals surface area contributed by atoms with E-state index in [2.05, 4.69) is 20.3 Å². The van der Waals surface area contributed by atoms with E-state index in [0.717, 1.165) is 0 Å². The summed E-state index contributed by atoms with van der Waals surface area (Å²) in [6.07, 6.45) is 0.853. The lowest BCUT2D eigenvalue weighted by Crippen LogP contribution is -2.36. The zero-order valence-electron chi connectivity index (χ0n) is 18.9. The molecular weight excluding hydrogens is 432 g/mol. The van der Waals surface area contributed by atoms with Crippen LogP contribution in [0.2, 0.25) is 0 Å². The Bertz CT molecular complexity index is 1200. The van der Waals surface area contributed by atoms with Crippen molar-refractivity contribution in [3.63, 3.8) is 0 Å². The molecule has 0 aliphatic carbocycles. The van der Waals surface area contributed by atoms with Gasteiger partial charge in [-0.2, -0.15) is 0 Å². The van der Waals surface area contributed by atoms with Crippen LogP contribution in [0.3, 0.4) is 0 Å². The van der Waals surface area contributed by atoms with Crippen molar-refractivity contribution in [1.29, 1.82) is 0 Å². The highest BCUT2D eigenvalue weighted by Gasteiger charge is 2.31. The highest BCUT2D eigenvalue weighted by atomic mass is 19.1. The molecule has 1 aliphatic rings. The Balaban J connectivity index is 1.56. The molecule has 174 valence electrons. The molecular formula is C23H25F2N5O3. The highest BCUT2D eigenvalue weighted by molar-refractivity contribution is 5.87. The zero-order chi connectivity index (χ0) is 23.8. The number of carbonyl (C=O) groups excluding carboxylic acids is 1. The Hall–Kier alpha value is -3.56. The monoisotopic (exact) mass is 457 g/mol. The fraction of sp³-hybridized carbons (Fsp3) is 0.391. The minimum Gasteiger partial charge on any atom is -0.470 e. The number of aromatic nitrogens is 3. The van der Waals surface area contributed by atoms with E-state index in [1.54, 1.807) is 45.9 Å². The van der Waals surface area contributed by atoms with Crippen molar-refractivity contribution in [3.05, 3.63) is 47.8 Å². The van der Waals surface area contributed by atoms with Crippen LogP contribution in [0, 0.1) is 18.6 Å². The number of ether oxygens (including phenoxy) is 2. The number of amides is 1. The first-order chi connectivity index (χ1) is 15.6. The SMILES string of the molecule is Cc1cccc(Nc2ncnc3cc(F)c(O[C@H]4CCN(C(=O)OC(C)(C)C)C4)nc23)c1F. The van der Waals surface area contributed by atoms with Crippen LogP contribution in [0.1, 0.15) is 32.8 Å². The van der Waals surface area contributed by atoms with Crippen LogP contribution in [0.5, 0.6) is 5.88 Å². The van der Waals surface area contributed by atoms with Crippen molar-refractivity contribution in [2.24, 2.45) is 0 Å². The summed E-state index contributed by atoms with van der Waals surface area (Å²) in [4.78, 5) is 26.3. The van der Waals surface area contributed by atoms with Gasteiger partial charge in [-0.25, -0.2) is 28.5 Å². The first kappa shape index (κ1) is 22.6. The Labute approximate surface area is 190 Å². The van der Waals surface area contributed by atoms with Gasteiger partial charge in [-0.1, -0.05) is 12.1 Å². The fourth-order valence-corrected chi connectivity index (χ4v) is 3.47. The van der Waals surface area contributed by atoms with E-state index in [9.17, 15) is 13.6 Å². The van der Waals surface area contributed by atoms with E-state index in [1.165, 1.54) is 17.3 Å². The van der Waals surface area contributed by atoms with Crippen LogP contribution < -0.4 is 10.1 Å². The van der Waals surface area contributed by atoms with E-state index in [1.807, 2.05) is 0 Å². The summed E-state index contributed by atoms with van der Waals surface area (Å²) in [7, 11) is 0. The molecule has 1 amide bonds. The fourth-order valence-electron chi connectivity index (χ4n) is 3.47. The molecule has 10 heteroatoms. The number of hydrogen-bond acceptors (Lipinski definition) is 7. The number of rotatable bonds is 4. The van der Waals surface area contributed by atoms with E-state index in [-0.39, 0.29) is 35.0 Å². The van der Waals surface area contributed by atoms with Crippen molar-refractivity contribution in [3.8, 4) is 5.88 Å². The molecule has 1 aliphatic heterocycles. The molecule has 8 nitrogen and oxygen atoms in total. The number of aryl methyl sites for hydroxylation is 1. The number of likely N-dealkylation sites (tertiary alicyclic amines) is 1. The van der Waals surface area contributed by atoms with Gasteiger partial charge < -0.3 is 19.7 Å². The summed E-state index contributed by atoms with van der Waals surface area (Å²) in [6.45, 7) is 7.70. The zero-order valence-corrected chi connectivity index (χ0v) is 18.9. The van der Waals surface area contributed by atoms with Crippen LogP contribution >= 0.6 is 0 Å². The van der Waals surface area contributed by atoms with Gasteiger partial charge in [0.2, 0.25) is 0 Å². The second kappa shape index (κ2) is 8.76. The largest absolute Gasteiger partial charge is 0.470 e. The maximum atomic E-state index is 14.7. The molecule has 0 saturated carbocycles. The van der Waals surface area contributed by atoms with Crippen molar-refractivity contribution in [2.75, 3.05) is 18.4 Å². The van der Waals surface area contributed by atoms with Gasteiger partial charge in [0.15, 0.2) is 11.6 Å². The van der Waals surface area contributed by atoms with Gasteiger partial charge in [-0.3, -0.25) is 0 Å². The number of halogens is 2. The average molecular weight is 457 g/mol. The first-order valence-electron chi connectivity index (χ1n) is 10.6. The van der Waals surface area contributed by atoms with Gasteiger partial charge in [0.05, 0.1) is 17.7 Å². The number of benzene rings is 1. The van der Waals surface area contributed by atoms with Crippen LogP contribution in [0.4, 0.5) is 25.1 Å². The molecule has 4 rings (SSSR count). The lowest BCUT2D eigenvalue weighted by molar-refractivity contribution is 0.0274. The Morgan fingerprint density at radius 2 is 2.03 bits per heavy atom. The number of nitrogens with one attached hydrogen (secondary N) is 1. The van der Waals surface area contributed by atoms with Crippen LogP contribution in [-0.4, -0.2) is 50.7 Å². The number of pyridine rings is 1. The summed E-state index contributed by atoms with van der Waals surface area (Å²) in [6, 6.07) is 6.13. The summed E-state index contributed by atoms with van der Waals surface area (Å²) in [5.74, 6) is -1.13. The predicted molar refractivity (Wildman–Crippen MR) is 119 cm³/mol. The second-order valence-electron chi connectivity index (χ2n) is 8.88. The number of fused-ring (bicyclic) bond motifs is 1. The normalized spacial score (nSPS) is 16.2. The molecule has 0 unspecified atom stereocenters. The third-order valence-corrected chi connectivity index (χ3v) is 5.05. The highest BCUT2D eigenvalue weighted by Crippen LogP contribution is 2.29. The van der Waals surface area contributed by atoms with Gasteiger partial charge >= 0.3 is 6.09 Å². The topological polar surface area (TPSA) is 89.5 Å². The van der Waals surface area contributed by atoms with Crippen molar-refractivity contribution in [1.82, 2.24) is 19.9 Å². The number of nitrogens with zero attached hydrogens (tertiary/aromatic N) is 4. The van der Waals surface area contributed by atoms with Crippen molar-refractivity contribution in [2.45, 2.75) is 45.8 Å². The summed E-state index contributed by atoms with van der Waals surface area (Å²) in [5.41, 5.74) is 0.552. The smallest absolute Gasteiger partial charge is 0.410 e. The quantitative estimate of drug-likeness (QED) is 0.605. The molecule has 3 aromatic rings. The second-order valence-corrected chi connectivity index (χ2v) is 8.88. The van der Waals surface area contributed by atoms with Crippen LogP contribution in [0.15, 0.2) is 30.6 Å². The molecule has 1 aromatic carbocycles. The van der Waals surface area contributed by atoms with Crippen LogP contribution in [-0.2, 0) is 4.74 Å². The molecule has 1 saturated heterocycles. The maximum absolute atomic E-state index is 14.7. The van der Waals surface area contributed by atoms with Gasteiger partial charge in [0.1, 0.15) is 29.4 Å². The summed E-state index contributed by atoms with van der Waals surface area (Å²) < 4.78 is 40.3. The third kappa shape index (κ3) is 5.10.